The second-order valence-corrected chi connectivity index (χ2v) is 9.77. The van der Waals surface area contributed by atoms with Gasteiger partial charge in [-0.1, -0.05) is 48.3 Å². The number of rotatable bonds is 4. The van der Waals surface area contributed by atoms with Crippen LogP contribution in [-0.4, -0.2) is 14.4 Å². The van der Waals surface area contributed by atoms with Gasteiger partial charge in [-0.3, -0.25) is 0 Å². The first-order valence-corrected chi connectivity index (χ1v) is 11.8. The summed E-state index contributed by atoms with van der Waals surface area (Å²) in [5.74, 6) is -2.04. The molecular weight excluding hydrogens is 479 g/mol. The Morgan fingerprint density at radius 3 is 2.38 bits per heavy atom. The largest absolute Gasteiger partial charge is 0.324 e. The van der Waals surface area contributed by atoms with Crippen LogP contribution in [0.25, 0.3) is 0 Å². The highest BCUT2D eigenvalue weighted by Gasteiger charge is 2.32. The van der Waals surface area contributed by atoms with Crippen molar-refractivity contribution in [2.45, 2.75) is 24.3 Å². The first-order valence-electron chi connectivity index (χ1n) is 9.52. The van der Waals surface area contributed by atoms with Crippen molar-refractivity contribution in [1.29, 1.82) is 0 Å². The van der Waals surface area contributed by atoms with Crippen LogP contribution in [0.1, 0.15) is 29.5 Å². The molecule has 3 aromatic carbocycles. The van der Waals surface area contributed by atoms with Gasteiger partial charge in [-0.2, -0.15) is 0 Å². The first kappa shape index (κ1) is 22.5. The van der Waals surface area contributed by atoms with Gasteiger partial charge in [-0.05, 0) is 47.5 Å². The summed E-state index contributed by atoms with van der Waals surface area (Å²) in [5, 5.41) is 3.69. The quantitative estimate of drug-likeness (QED) is 0.488. The van der Waals surface area contributed by atoms with Gasteiger partial charge in [0.25, 0.3) is 10.0 Å². The van der Waals surface area contributed by atoms with Gasteiger partial charge in [0.15, 0.2) is 0 Å². The molecule has 1 atom stereocenters. The molecule has 1 aliphatic rings. The van der Waals surface area contributed by atoms with Gasteiger partial charge in [0, 0.05) is 21.5 Å². The van der Waals surface area contributed by atoms with E-state index < -0.39 is 27.6 Å². The molecule has 5 nitrogen and oxygen atoms in total. The van der Waals surface area contributed by atoms with Crippen molar-refractivity contribution in [1.82, 2.24) is 4.72 Å². The number of hydrogen-bond acceptors (Lipinski definition) is 3. The number of benzene rings is 3. The predicted molar refractivity (Wildman–Crippen MR) is 122 cm³/mol. The molecule has 0 amide bonds. The maximum Gasteiger partial charge on any atom is 0.266 e. The fourth-order valence-corrected chi connectivity index (χ4v) is 5.33. The van der Waals surface area contributed by atoms with E-state index in [1.54, 1.807) is 31.2 Å². The molecule has 0 aliphatic carbocycles. The highest BCUT2D eigenvalue weighted by atomic mass is 35.5. The molecule has 4 rings (SSSR count). The van der Waals surface area contributed by atoms with Crippen molar-refractivity contribution < 1.29 is 17.2 Å². The van der Waals surface area contributed by atoms with E-state index in [0.29, 0.717) is 15.6 Å². The van der Waals surface area contributed by atoms with Gasteiger partial charge in [0.05, 0.1) is 12.2 Å². The van der Waals surface area contributed by atoms with Gasteiger partial charge in [0.2, 0.25) is 5.96 Å². The molecule has 0 bridgehead atoms. The zero-order valence-electron chi connectivity index (χ0n) is 16.7. The second-order valence-electron chi connectivity index (χ2n) is 7.25. The lowest BCUT2D eigenvalue weighted by Gasteiger charge is -2.26. The average molecular weight is 496 g/mol. The normalized spacial score (nSPS) is 16.7. The van der Waals surface area contributed by atoms with Crippen molar-refractivity contribution in [3.63, 3.8) is 0 Å². The van der Waals surface area contributed by atoms with Crippen LogP contribution in [0.15, 0.2) is 64.5 Å². The topological polar surface area (TPSA) is 70.6 Å². The van der Waals surface area contributed by atoms with Crippen LogP contribution in [0.4, 0.5) is 14.5 Å². The van der Waals surface area contributed by atoms with Crippen LogP contribution >= 0.6 is 23.2 Å². The summed E-state index contributed by atoms with van der Waals surface area (Å²) in [6.45, 7) is 1.67. The van der Waals surface area contributed by atoms with Crippen LogP contribution in [0, 0.1) is 11.6 Å². The predicted octanol–water partition coefficient (Wildman–Crippen LogP) is 5.68. The third-order valence-corrected chi connectivity index (χ3v) is 6.88. The Kier molecular flexibility index (Phi) is 6.11. The van der Waals surface area contributed by atoms with Crippen LogP contribution in [0.2, 0.25) is 10.0 Å². The minimum Gasteiger partial charge on any atom is -0.324 e. The number of nitrogens with one attached hydrogen (secondary N) is 2. The lowest BCUT2D eigenvalue weighted by atomic mass is 9.91. The Balaban J connectivity index is 1.77. The molecule has 1 aliphatic heterocycles. The summed E-state index contributed by atoms with van der Waals surface area (Å²) in [5.41, 5.74) is 0.934. The van der Waals surface area contributed by atoms with Gasteiger partial charge >= 0.3 is 0 Å². The Hall–Kier alpha value is -2.68. The number of sulfonamides is 1. The van der Waals surface area contributed by atoms with Crippen LogP contribution in [0.5, 0.6) is 0 Å². The van der Waals surface area contributed by atoms with E-state index in [0.717, 1.165) is 12.1 Å². The van der Waals surface area contributed by atoms with Crippen LogP contribution in [0.3, 0.4) is 0 Å². The maximum absolute atomic E-state index is 14.9. The fourth-order valence-electron chi connectivity index (χ4n) is 3.60. The molecule has 0 spiro atoms. The van der Waals surface area contributed by atoms with Gasteiger partial charge in [-0.15, -0.1) is 0 Å². The zero-order valence-corrected chi connectivity index (χ0v) is 19.0. The Morgan fingerprint density at radius 1 is 1.00 bits per heavy atom. The molecule has 3 aromatic rings. The Labute approximate surface area is 194 Å². The summed E-state index contributed by atoms with van der Waals surface area (Å²) >= 11 is 12.0. The molecule has 1 unspecified atom stereocenters. The van der Waals surface area contributed by atoms with E-state index >= 15 is 0 Å². The molecule has 2 N–H and O–H groups in total. The summed E-state index contributed by atoms with van der Waals surface area (Å²) in [6.07, 6.45) is 0. The second kappa shape index (κ2) is 8.69. The van der Waals surface area contributed by atoms with E-state index in [-0.39, 0.29) is 34.2 Å². The number of halogens is 4. The minimum absolute atomic E-state index is 0.0161. The van der Waals surface area contributed by atoms with Crippen molar-refractivity contribution in [3.8, 4) is 0 Å². The summed E-state index contributed by atoms with van der Waals surface area (Å²) in [6, 6.07) is 13.0. The SMILES string of the molecule is CC(c1ccccc1F)c1c(F)ccc2c1NC(=NCc1cc(Cl)cc(Cl)c1)NS2(=O)=O. The molecule has 0 saturated heterocycles. The van der Waals surface area contributed by atoms with E-state index in [9.17, 15) is 17.2 Å². The van der Waals surface area contributed by atoms with Crippen molar-refractivity contribution in [3.05, 3.63) is 93.0 Å². The molecule has 32 heavy (non-hydrogen) atoms. The number of anilines is 1. The average Bonchev–Trinajstić information content (AvgIpc) is 2.71. The van der Waals surface area contributed by atoms with Crippen molar-refractivity contribution in [2.75, 3.05) is 5.32 Å². The molecule has 166 valence electrons. The highest BCUT2D eigenvalue weighted by molar-refractivity contribution is 7.90. The van der Waals surface area contributed by atoms with E-state index in [1.165, 1.54) is 18.2 Å². The number of fused-ring (bicyclic) bond motifs is 1. The fraction of sp³-hybridized carbons (Fsp3) is 0.136. The smallest absolute Gasteiger partial charge is 0.266 e. The van der Waals surface area contributed by atoms with E-state index in [4.69, 9.17) is 23.2 Å². The third kappa shape index (κ3) is 4.44. The number of nitrogens with zero attached hydrogens (tertiary/aromatic N) is 1. The molecule has 0 fully saturated rings. The summed E-state index contributed by atoms with van der Waals surface area (Å²) in [4.78, 5) is 4.10. The number of aliphatic imine (C=N–C) groups is 1. The Morgan fingerprint density at radius 2 is 1.69 bits per heavy atom. The zero-order chi connectivity index (χ0) is 23.0. The van der Waals surface area contributed by atoms with Crippen molar-refractivity contribution in [2.24, 2.45) is 4.99 Å². The molecule has 10 heteroatoms. The van der Waals surface area contributed by atoms with Gasteiger partial charge in [0.1, 0.15) is 16.5 Å². The highest BCUT2D eigenvalue weighted by Crippen LogP contribution is 2.38. The summed E-state index contributed by atoms with van der Waals surface area (Å²) in [7, 11) is -4.03. The monoisotopic (exact) mass is 495 g/mol. The maximum atomic E-state index is 14.9. The lowest BCUT2D eigenvalue weighted by Crippen LogP contribution is -2.41. The standard InChI is InChI=1S/C22H17Cl2F2N3O2S/c1-12(16-4-2-3-5-17(16)25)20-18(26)6-7-19-21(20)28-22(29-32(19,30)31)27-11-13-8-14(23)10-15(24)9-13/h2-10,12H,11H2,1H3,(H2,27,28,29). The summed E-state index contributed by atoms with van der Waals surface area (Å²) < 4.78 is 57.3. The number of hydrogen-bond donors (Lipinski definition) is 2. The van der Waals surface area contributed by atoms with Crippen molar-refractivity contribution >= 4 is 44.9 Å². The minimum atomic E-state index is -4.03. The molecular formula is C22H17Cl2F2N3O2S. The van der Waals surface area contributed by atoms with E-state index in [2.05, 4.69) is 15.0 Å². The first-order chi connectivity index (χ1) is 15.2. The molecule has 0 saturated carbocycles. The Bertz CT molecular complexity index is 1330. The molecule has 0 radical (unpaired) electrons. The van der Waals surface area contributed by atoms with Crippen LogP contribution < -0.4 is 10.0 Å². The van der Waals surface area contributed by atoms with Crippen LogP contribution in [-0.2, 0) is 16.6 Å². The number of guanidine groups is 1. The van der Waals surface area contributed by atoms with E-state index in [1.807, 2.05) is 0 Å². The van der Waals surface area contributed by atoms with Gasteiger partial charge < -0.3 is 5.32 Å². The van der Waals surface area contributed by atoms with Gasteiger partial charge in [-0.25, -0.2) is 26.9 Å². The lowest BCUT2D eigenvalue weighted by molar-refractivity contribution is 0.577. The third-order valence-electron chi connectivity index (χ3n) is 5.06. The molecule has 0 aromatic heterocycles. The molecule has 1 heterocycles.